The lowest BCUT2D eigenvalue weighted by Gasteiger charge is -2.12. The number of hydrogen-bond donors (Lipinski definition) is 1. The highest BCUT2D eigenvalue weighted by atomic mass is 79.9. The number of nitrogens with one attached hydrogen (secondary N) is 1. The van der Waals surface area contributed by atoms with Gasteiger partial charge < -0.3 is 5.32 Å². The van der Waals surface area contributed by atoms with Crippen LogP contribution in [0.15, 0.2) is 40.9 Å². The largest absolute Gasteiger partial charge is 0.354 e. The third-order valence-electron chi connectivity index (χ3n) is 2.70. The van der Waals surface area contributed by atoms with Gasteiger partial charge in [0.2, 0.25) is 0 Å². The van der Waals surface area contributed by atoms with Crippen LogP contribution in [-0.2, 0) is 0 Å². The van der Waals surface area contributed by atoms with Gasteiger partial charge in [-0.3, -0.25) is 0 Å². The molecule has 0 unspecified atom stereocenters. The zero-order valence-corrected chi connectivity index (χ0v) is 11.9. The molecular weight excluding hydrogens is 288 g/mol. The lowest BCUT2D eigenvalue weighted by atomic mass is 10.1. The first-order valence-electron chi connectivity index (χ1n) is 5.64. The number of halogens is 1. The highest BCUT2D eigenvalue weighted by Gasteiger charge is 2.06. The van der Waals surface area contributed by atoms with Crippen molar-refractivity contribution in [1.82, 2.24) is 0 Å². The van der Waals surface area contributed by atoms with E-state index < -0.39 is 0 Å². The van der Waals surface area contributed by atoms with E-state index in [4.69, 9.17) is 5.26 Å². The van der Waals surface area contributed by atoms with Gasteiger partial charge in [-0.1, -0.05) is 28.1 Å². The maximum atomic E-state index is 9.13. The van der Waals surface area contributed by atoms with Crippen LogP contribution in [0.1, 0.15) is 16.7 Å². The summed E-state index contributed by atoms with van der Waals surface area (Å²) in [4.78, 5) is 0. The van der Waals surface area contributed by atoms with Crippen LogP contribution in [0, 0.1) is 25.2 Å². The Hall–Kier alpha value is -1.79. The molecule has 0 radical (unpaired) electrons. The number of anilines is 2. The first-order chi connectivity index (χ1) is 8.60. The summed E-state index contributed by atoms with van der Waals surface area (Å²) < 4.78 is 1.03. The molecular formula is C15H13BrN2. The van der Waals surface area contributed by atoms with E-state index >= 15 is 0 Å². The lowest BCUT2D eigenvalue weighted by molar-refractivity contribution is 1.38. The number of aryl methyl sites for hydroxylation is 2. The minimum Gasteiger partial charge on any atom is -0.354 e. The van der Waals surface area contributed by atoms with E-state index in [1.807, 2.05) is 44.2 Å². The predicted molar refractivity (Wildman–Crippen MR) is 78.1 cm³/mol. The van der Waals surface area contributed by atoms with Crippen molar-refractivity contribution in [3.05, 3.63) is 57.6 Å². The van der Waals surface area contributed by atoms with E-state index in [0.717, 1.165) is 21.4 Å². The molecule has 0 aliphatic carbocycles. The average molecular weight is 301 g/mol. The molecule has 2 aromatic rings. The SMILES string of the molecule is Cc1cc(Br)cc(Nc2c(C)cccc2C#N)c1. The molecule has 0 saturated heterocycles. The number of benzene rings is 2. The normalized spacial score (nSPS) is 9.89. The lowest BCUT2D eigenvalue weighted by Crippen LogP contribution is -1.96. The van der Waals surface area contributed by atoms with Gasteiger partial charge in [0, 0.05) is 10.2 Å². The van der Waals surface area contributed by atoms with E-state index in [2.05, 4.69) is 33.4 Å². The molecule has 0 heterocycles. The summed E-state index contributed by atoms with van der Waals surface area (Å²) in [6, 6.07) is 14.0. The molecule has 1 N–H and O–H groups in total. The molecule has 90 valence electrons. The van der Waals surface area contributed by atoms with Gasteiger partial charge in [-0.2, -0.15) is 5.26 Å². The topological polar surface area (TPSA) is 35.8 Å². The van der Waals surface area contributed by atoms with Crippen LogP contribution in [0.4, 0.5) is 11.4 Å². The third kappa shape index (κ3) is 2.72. The minimum atomic E-state index is 0.660. The fraction of sp³-hybridized carbons (Fsp3) is 0.133. The molecule has 0 fully saturated rings. The Morgan fingerprint density at radius 2 is 1.94 bits per heavy atom. The van der Waals surface area contributed by atoms with Crippen LogP contribution in [0.5, 0.6) is 0 Å². The highest BCUT2D eigenvalue weighted by Crippen LogP contribution is 2.27. The van der Waals surface area contributed by atoms with E-state index in [0.29, 0.717) is 5.56 Å². The summed E-state index contributed by atoms with van der Waals surface area (Å²) in [5, 5.41) is 12.5. The first-order valence-corrected chi connectivity index (χ1v) is 6.43. The van der Waals surface area contributed by atoms with Crippen molar-refractivity contribution >= 4 is 27.3 Å². The Morgan fingerprint density at radius 1 is 1.17 bits per heavy atom. The Kier molecular flexibility index (Phi) is 3.69. The molecule has 0 amide bonds. The zero-order valence-electron chi connectivity index (χ0n) is 10.3. The standard InChI is InChI=1S/C15H13BrN2/c1-10-6-13(16)8-14(7-10)18-15-11(2)4-3-5-12(15)9-17/h3-8,18H,1-2H3. The van der Waals surface area contributed by atoms with Crippen LogP contribution in [0.2, 0.25) is 0 Å². The fourth-order valence-electron chi connectivity index (χ4n) is 1.88. The smallest absolute Gasteiger partial charge is 0.101 e. The molecule has 0 aliphatic heterocycles. The zero-order chi connectivity index (χ0) is 13.1. The van der Waals surface area contributed by atoms with Crippen molar-refractivity contribution in [1.29, 1.82) is 5.26 Å². The average Bonchev–Trinajstić information content (AvgIpc) is 2.30. The van der Waals surface area contributed by atoms with Gasteiger partial charge in [0.15, 0.2) is 0 Å². The van der Waals surface area contributed by atoms with E-state index in [-0.39, 0.29) is 0 Å². The second kappa shape index (κ2) is 5.24. The summed E-state index contributed by atoms with van der Waals surface area (Å²) in [5.74, 6) is 0. The predicted octanol–water partition coefficient (Wildman–Crippen LogP) is 4.68. The fourth-order valence-corrected chi connectivity index (χ4v) is 2.49. The molecule has 18 heavy (non-hydrogen) atoms. The van der Waals surface area contributed by atoms with Crippen molar-refractivity contribution in [3.63, 3.8) is 0 Å². The Labute approximate surface area is 115 Å². The molecule has 2 rings (SSSR count). The van der Waals surface area contributed by atoms with Crippen molar-refractivity contribution in [2.45, 2.75) is 13.8 Å². The molecule has 0 aliphatic rings. The number of nitrogens with zero attached hydrogens (tertiary/aromatic N) is 1. The second-order valence-corrected chi connectivity index (χ2v) is 5.17. The van der Waals surface area contributed by atoms with Gasteiger partial charge in [0.1, 0.15) is 6.07 Å². The van der Waals surface area contributed by atoms with E-state index in [9.17, 15) is 0 Å². The van der Waals surface area contributed by atoms with Gasteiger partial charge in [0.25, 0.3) is 0 Å². The number of nitriles is 1. The Balaban J connectivity index is 2.43. The summed E-state index contributed by atoms with van der Waals surface area (Å²) >= 11 is 3.48. The summed E-state index contributed by atoms with van der Waals surface area (Å²) in [6.07, 6.45) is 0. The molecule has 0 aromatic heterocycles. The summed E-state index contributed by atoms with van der Waals surface area (Å²) in [7, 11) is 0. The van der Waals surface area contributed by atoms with Crippen LogP contribution in [-0.4, -0.2) is 0 Å². The van der Waals surface area contributed by atoms with E-state index in [1.54, 1.807) is 0 Å². The van der Waals surface area contributed by atoms with Crippen LogP contribution < -0.4 is 5.32 Å². The molecule has 0 saturated carbocycles. The monoisotopic (exact) mass is 300 g/mol. The number of rotatable bonds is 2. The van der Waals surface area contributed by atoms with Crippen LogP contribution in [0.25, 0.3) is 0 Å². The van der Waals surface area contributed by atoms with Crippen LogP contribution in [0.3, 0.4) is 0 Å². The van der Waals surface area contributed by atoms with Gasteiger partial charge >= 0.3 is 0 Å². The maximum Gasteiger partial charge on any atom is 0.101 e. The molecule has 2 aromatic carbocycles. The number of para-hydroxylation sites is 1. The van der Waals surface area contributed by atoms with Gasteiger partial charge in [-0.05, 0) is 49.2 Å². The maximum absolute atomic E-state index is 9.13. The number of hydrogen-bond acceptors (Lipinski definition) is 2. The van der Waals surface area contributed by atoms with Crippen molar-refractivity contribution in [2.75, 3.05) is 5.32 Å². The van der Waals surface area contributed by atoms with Crippen LogP contribution >= 0.6 is 15.9 Å². The molecule has 0 bridgehead atoms. The quantitative estimate of drug-likeness (QED) is 0.874. The van der Waals surface area contributed by atoms with Gasteiger partial charge in [0.05, 0.1) is 11.3 Å². The van der Waals surface area contributed by atoms with Crippen molar-refractivity contribution < 1.29 is 0 Å². The first kappa shape index (κ1) is 12.7. The summed E-state index contributed by atoms with van der Waals surface area (Å²) in [5.41, 5.74) is 4.74. The molecule has 0 spiro atoms. The minimum absolute atomic E-state index is 0.660. The molecule has 2 nitrogen and oxygen atoms in total. The van der Waals surface area contributed by atoms with Gasteiger partial charge in [-0.15, -0.1) is 0 Å². The second-order valence-electron chi connectivity index (χ2n) is 4.25. The summed E-state index contributed by atoms with van der Waals surface area (Å²) in [6.45, 7) is 4.03. The van der Waals surface area contributed by atoms with Gasteiger partial charge in [-0.25, -0.2) is 0 Å². The third-order valence-corrected chi connectivity index (χ3v) is 3.16. The van der Waals surface area contributed by atoms with Crippen molar-refractivity contribution in [3.8, 4) is 6.07 Å². The highest BCUT2D eigenvalue weighted by molar-refractivity contribution is 9.10. The Bertz CT molecular complexity index is 607. The molecule has 3 heteroatoms. The van der Waals surface area contributed by atoms with E-state index in [1.165, 1.54) is 5.56 Å². The Morgan fingerprint density at radius 3 is 2.61 bits per heavy atom. The molecule has 0 atom stereocenters. The van der Waals surface area contributed by atoms with Crippen molar-refractivity contribution in [2.24, 2.45) is 0 Å².